The Bertz CT molecular complexity index is 1190. The molecule has 0 bridgehead atoms. The molecule has 1 aliphatic rings. The average Bonchev–Trinajstić information content (AvgIpc) is 3.17. The third kappa shape index (κ3) is 4.92. The number of rotatable bonds is 9. The molecule has 0 saturated carbocycles. The van der Waals surface area contributed by atoms with Crippen LogP contribution in [0.4, 0.5) is 11.4 Å². The van der Waals surface area contributed by atoms with Crippen molar-refractivity contribution >= 4 is 28.6 Å². The summed E-state index contributed by atoms with van der Waals surface area (Å²) in [4.78, 5) is 15.5. The Morgan fingerprint density at radius 3 is 2.29 bits per heavy atom. The van der Waals surface area contributed by atoms with Gasteiger partial charge in [-0.1, -0.05) is 49.4 Å². The van der Waals surface area contributed by atoms with Gasteiger partial charge in [0.05, 0.1) is 31.2 Å². The van der Waals surface area contributed by atoms with Gasteiger partial charge in [-0.15, -0.1) is 0 Å². The number of ether oxygens (including phenoxy) is 2. The van der Waals surface area contributed by atoms with E-state index < -0.39 is 0 Å². The molecule has 3 aromatic rings. The highest BCUT2D eigenvalue weighted by molar-refractivity contribution is 6.37. The van der Waals surface area contributed by atoms with Gasteiger partial charge in [0, 0.05) is 23.9 Å². The molecule has 6 nitrogen and oxygen atoms in total. The molecule has 1 heterocycles. The highest BCUT2D eigenvalue weighted by Gasteiger charge is 2.30. The van der Waals surface area contributed by atoms with Crippen molar-refractivity contribution in [2.45, 2.75) is 19.9 Å². The third-order valence-electron chi connectivity index (χ3n) is 5.86. The molecule has 0 unspecified atom stereocenters. The molecule has 0 aliphatic carbocycles. The van der Waals surface area contributed by atoms with E-state index in [1.54, 1.807) is 20.3 Å². The predicted octanol–water partition coefficient (Wildman–Crippen LogP) is 5.48. The molecule has 0 spiro atoms. The van der Waals surface area contributed by atoms with Crippen LogP contribution >= 0.6 is 0 Å². The first kappa shape index (κ1) is 23.4. The maximum Gasteiger partial charge on any atom is 0.258 e. The van der Waals surface area contributed by atoms with Gasteiger partial charge in [0.1, 0.15) is 0 Å². The number of amides is 1. The topological polar surface area (TPSA) is 62.8 Å². The molecule has 0 radical (unpaired) electrons. The summed E-state index contributed by atoms with van der Waals surface area (Å²) in [5, 5.41) is 6.49. The monoisotopic (exact) mass is 457 g/mol. The zero-order valence-electron chi connectivity index (χ0n) is 20.1. The zero-order chi connectivity index (χ0) is 24.1. The van der Waals surface area contributed by atoms with Crippen LogP contribution in [0.5, 0.6) is 11.5 Å². The Balaban J connectivity index is 1.75. The van der Waals surface area contributed by atoms with Crippen LogP contribution in [-0.4, -0.2) is 38.6 Å². The van der Waals surface area contributed by atoms with Crippen LogP contribution in [0.2, 0.25) is 0 Å². The lowest BCUT2D eigenvalue weighted by atomic mass is 9.99. The van der Waals surface area contributed by atoms with Gasteiger partial charge in [0.2, 0.25) is 0 Å². The lowest BCUT2D eigenvalue weighted by Crippen LogP contribution is -2.18. The van der Waals surface area contributed by atoms with Crippen LogP contribution in [0.1, 0.15) is 30.0 Å². The highest BCUT2D eigenvalue weighted by Crippen LogP contribution is 2.43. The van der Waals surface area contributed by atoms with E-state index in [2.05, 4.69) is 53.8 Å². The van der Waals surface area contributed by atoms with Crippen LogP contribution in [0.15, 0.2) is 66.7 Å². The molecule has 6 heteroatoms. The normalized spacial score (nSPS) is 14.0. The second-order valence-corrected chi connectivity index (χ2v) is 8.38. The molecule has 34 heavy (non-hydrogen) atoms. The number of benzene rings is 3. The number of nitrogens with zero attached hydrogens (tertiary/aromatic N) is 1. The molecule has 1 aliphatic heterocycles. The molecule has 2 N–H and O–H groups in total. The number of methoxy groups -OCH3 is 2. The van der Waals surface area contributed by atoms with Crippen molar-refractivity contribution in [3.63, 3.8) is 0 Å². The fourth-order valence-corrected chi connectivity index (χ4v) is 4.24. The van der Waals surface area contributed by atoms with Crippen molar-refractivity contribution in [3.05, 3.63) is 83.4 Å². The Kier molecular flexibility index (Phi) is 7.18. The number of anilines is 2. The van der Waals surface area contributed by atoms with E-state index in [0.717, 1.165) is 42.0 Å². The minimum Gasteiger partial charge on any atom is -0.493 e. The first-order chi connectivity index (χ1) is 16.5. The van der Waals surface area contributed by atoms with E-state index >= 15 is 0 Å². The number of hydrogen-bond donors (Lipinski definition) is 2. The van der Waals surface area contributed by atoms with Gasteiger partial charge in [-0.25, -0.2) is 0 Å². The third-order valence-corrected chi connectivity index (χ3v) is 5.86. The summed E-state index contributed by atoms with van der Waals surface area (Å²) in [6, 6.07) is 21.9. The van der Waals surface area contributed by atoms with Crippen LogP contribution in [0.3, 0.4) is 0 Å². The Morgan fingerprint density at radius 1 is 0.971 bits per heavy atom. The van der Waals surface area contributed by atoms with Gasteiger partial charge in [-0.05, 0) is 49.3 Å². The molecular formula is C28H31N3O3. The Labute approximate surface area is 201 Å². The summed E-state index contributed by atoms with van der Waals surface area (Å²) in [7, 11) is 5.30. The molecule has 0 fully saturated rings. The summed E-state index contributed by atoms with van der Waals surface area (Å²) >= 11 is 0. The second-order valence-electron chi connectivity index (χ2n) is 8.38. The molecule has 4 rings (SSSR count). The molecule has 176 valence electrons. The van der Waals surface area contributed by atoms with Crippen LogP contribution < -0.4 is 20.1 Å². The van der Waals surface area contributed by atoms with Crippen molar-refractivity contribution in [2.75, 3.05) is 38.4 Å². The van der Waals surface area contributed by atoms with Gasteiger partial charge in [-0.3, -0.25) is 4.79 Å². The number of carbonyl (C=O) groups is 1. The Hall–Kier alpha value is -3.77. The number of carbonyl (C=O) groups excluding carboxylic acids is 1. The predicted molar refractivity (Wildman–Crippen MR) is 138 cm³/mol. The van der Waals surface area contributed by atoms with Crippen molar-refractivity contribution < 1.29 is 14.3 Å². The maximum absolute atomic E-state index is 13.2. The molecule has 1 amide bonds. The first-order valence-corrected chi connectivity index (χ1v) is 11.5. The Morgan fingerprint density at radius 2 is 1.65 bits per heavy atom. The van der Waals surface area contributed by atoms with Gasteiger partial charge >= 0.3 is 0 Å². The smallest absolute Gasteiger partial charge is 0.258 e. The number of fused-ring (bicyclic) bond motifs is 1. The molecule has 0 atom stereocenters. The second kappa shape index (κ2) is 10.4. The molecule has 0 aromatic heterocycles. The van der Waals surface area contributed by atoms with E-state index in [1.165, 1.54) is 5.56 Å². The van der Waals surface area contributed by atoms with Crippen molar-refractivity contribution in [2.24, 2.45) is 0 Å². The molecule has 3 aromatic carbocycles. The largest absolute Gasteiger partial charge is 0.493 e. The highest BCUT2D eigenvalue weighted by atomic mass is 16.5. The summed E-state index contributed by atoms with van der Waals surface area (Å²) in [5.41, 5.74) is 5.84. The minimum absolute atomic E-state index is 0.172. The fraction of sp³-hybridized carbons (Fsp3) is 0.250. The summed E-state index contributed by atoms with van der Waals surface area (Å²) in [5.74, 6) is 0.971. The fourth-order valence-electron chi connectivity index (χ4n) is 4.24. The molecular weight excluding hydrogens is 426 g/mol. The van der Waals surface area contributed by atoms with Crippen LogP contribution in [0.25, 0.3) is 11.3 Å². The van der Waals surface area contributed by atoms with Crippen LogP contribution in [-0.2, 0) is 11.3 Å². The summed E-state index contributed by atoms with van der Waals surface area (Å²) in [6.45, 7) is 4.15. The van der Waals surface area contributed by atoms with Crippen molar-refractivity contribution in [1.29, 1.82) is 0 Å². The summed E-state index contributed by atoms with van der Waals surface area (Å²) in [6.07, 6.45) is 1.13. The number of hydrogen-bond acceptors (Lipinski definition) is 5. The lowest BCUT2D eigenvalue weighted by molar-refractivity contribution is -0.110. The van der Waals surface area contributed by atoms with Crippen molar-refractivity contribution in [1.82, 2.24) is 4.90 Å². The summed E-state index contributed by atoms with van der Waals surface area (Å²) < 4.78 is 10.9. The minimum atomic E-state index is -0.172. The maximum atomic E-state index is 13.2. The average molecular weight is 458 g/mol. The van der Waals surface area contributed by atoms with Gasteiger partial charge < -0.3 is 25.0 Å². The van der Waals surface area contributed by atoms with Crippen LogP contribution in [0, 0.1) is 0 Å². The van der Waals surface area contributed by atoms with Crippen molar-refractivity contribution in [3.8, 4) is 11.5 Å². The van der Waals surface area contributed by atoms with Gasteiger partial charge in [-0.2, -0.15) is 0 Å². The van der Waals surface area contributed by atoms with Gasteiger partial charge in [0.25, 0.3) is 5.91 Å². The van der Waals surface area contributed by atoms with Gasteiger partial charge in [0.15, 0.2) is 11.5 Å². The van der Waals surface area contributed by atoms with E-state index in [9.17, 15) is 4.79 Å². The first-order valence-electron chi connectivity index (χ1n) is 11.5. The quantitative estimate of drug-likeness (QED) is 0.417. The lowest BCUT2D eigenvalue weighted by Gasteiger charge is -2.17. The standard InChI is InChI=1S/C28H31N3O3/c1-5-15-31(2)18-19-11-13-21(14-12-19)29-27(20-9-7-6-8-10-20)26-22-16-24(33-3)25(34-4)17-23(22)30-28(26)32/h6-14,16-17,29H,5,15,18H2,1-4H3,(H,30,32). The van der Waals surface area contributed by atoms with E-state index in [1.807, 2.05) is 36.4 Å². The SMILES string of the molecule is CCCN(C)Cc1ccc(NC(=C2C(=O)Nc3cc(OC)c(OC)cc32)c2ccccc2)cc1. The van der Waals surface area contributed by atoms with E-state index in [-0.39, 0.29) is 5.91 Å². The molecule has 0 saturated heterocycles. The zero-order valence-corrected chi connectivity index (χ0v) is 20.1. The number of nitrogens with one attached hydrogen (secondary N) is 2. The van der Waals surface area contributed by atoms with E-state index in [0.29, 0.717) is 22.8 Å². The van der Waals surface area contributed by atoms with E-state index in [4.69, 9.17) is 9.47 Å².